The average Bonchev–Trinajstić information content (AvgIpc) is 2.96. The van der Waals surface area contributed by atoms with Crippen LogP contribution < -0.4 is 10.2 Å². The van der Waals surface area contributed by atoms with Crippen LogP contribution in [0.5, 0.6) is 0 Å². The highest BCUT2D eigenvalue weighted by molar-refractivity contribution is 7.09. The molecule has 0 saturated carbocycles. The van der Waals surface area contributed by atoms with Crippen LogP contribution in [0.25, 0.3) is 0 Å². The van der Waals surface area contributed by atoms with E-state index in [1.807, 2.05) is 31.2 Å². The number of aromatic nitrogens is 1. The zero-order valence-electron chi connectivity index (χ0n) is 14.5. The lowest BCUT2D eigenvalue weighted by atomic mass is 10.0. The van der Waals surface area contributed by atoms with Crippen LogP contribution in [0.4, 0.5) is 5.69 Å². The highest BCUT2D eigenvalue weighted by Gasteiger charge is 2.20. The topological polar surface area (TPSA) is 46.4 Å². The number of anilines is 1. The minimum Gasteiger partial charge on any atom is -0.330 e. The van der Waals surface area contributed by atoms with Crippen molar-refractivity contribution in [2.75, 3.05) is 18.4 Å². The third-order valence-electron chi connectivity index (χ3n) is 4.54. The Labute approximate surface area is 147 Å². The van der Waals surface area contributed by atoms with E-state index in [0.717, 1.165) is 28.9 Å². The molecule has 2 aromatic rings. The van der Waals surface area contributed by atoms with Crippen molar-refractivity contribution in [2.45, 2.75) is 39.7 Å². The van der Waals surface area contributed by atoms with Gasteiger partial charge in [0.2, 0.25) is 5.91 Å². The van der Waals surface area contributed by atoms with Crippen LogP contribution in [0.15, 0.2) is 29.6 Å². The second kappa shape index (κ2) is 7.90. The minimum atomic E-state index is -0.00121. The van der Waals surface area contributed by atoms with Gasteiger partial charge in [-0.15, -0.1) is 11.3 Å². The zero-order chi connectivity index (χ0) is 16.9. The number of piperidine rings is 1. The first-order chi connectivity index (χ1) is 11.6. The van der Waals surface area contributed by atoms with Gasteiger partial charge in [-0.3, -0.25) is 4.79 Å². The molecule has 1 aliphatic rings. The maximum Gasteiger partial charge on any atom is 0.231 e. The first-order valence-electron chi connectivity index (χ1n) is 8.72. The van der Waals surface area contributed by atoms with Gasteiger partial charge >= 0.3 is 0 Å². The number of nitrogens with zero attached hydrogens (tertiary/aromatic N) is 1. The second-order valence-electron chi connectivity index (χ2n) is 6.95. The number of rotatable bonds is 5. The molecule has 128 valence electrons. The lowest BCUT2D eigenvalue weighted by molar-refractivity contribution is -0.922. The Balaban J connectivity index is 1.51. The van der Waals surface area contributed by atoms with E-state index in [1.165, 1.54) is 31.5 Å². The van der Waals surface area contributed by atoms with E-state index in [2.05, 4.69) is 22.6 Å². The van der Waals surface area contributed by atoms with Gasteiger partial charge in [0.15, 0.2) is 0 Å². The van der Waals surface area contributed by atoms with Gasteiger partial charge in [0.05, 0.1) is 19.5 Å². The molecule has 1 saturated heterocycles. The number of carbonyl (C=O) groups excluding carboxylic acids is 1. The van der Waals surface area contributed by atoms with Crippen molar-refractivity contribution in [1.29, 1.82) is 0 Å². The third kappa shape index (κ3) is 4.89. The normalized spacial score (nSPS) is 20.8. The molecule has 1 aromatic heterocycles. The first-order valence-corrected chi connectivity index (χ1v) is 9.60. The molecule has 2 heterocycles. The van der Waals surface area contributed by atoms with E-state index in [1.54, 1.807) is 16.2 Å². The van der Waals surface area contributed by atoms with Crippen molar-refractivity contribution in [3.8, 4) is 0 Å². The summed E-state index contributed by atoms with van der Waals surface area (Å²) in [5.74, 6) is 0.811. The smallest absolute Gasteiger partial charge is 0.231 e. The Morgan fingerprint density at radius 3 is 2.92 bits per heavy atom. The molecule has 1 aliphatic heterocycles. The molecular weight excluding hydrogens is 318 g/mol. The summed E-state index contributed by atoms with van der Waals surface area (Å²) in [4.78, 5) is 18.4. The predicted octanol–water partition coefficient (Wildman–Crippen LogP) is 2.45. The molecule has 2 atom stereocenters. The lowest BCUT2D eigenvalue weighted by Gasteiger charge is -2.27. The third-order valence-corrected chi connectivity index (χ3v) is 5.44. The summed E-state index contributed by atoms with van der Waals surface area (Å²) in [5, 5.41) is 5.95. The maximum atomic E-state index is 12.2. The molecule has 4 nitrogen and oxygen atoms in total. The number of quaternary nitrogens is 1. The molecule has 1 aromatic carbocycles. The van der Waals surface area contributed by atoms with Gasteiger partial charge < -0.3 is 10.2 Å². The van der Waals surface area contributed by atoms with Gasteiger partial charge in [-0.2, -0.15) is 0 Å². The van der Waals surface area contributed by atoms with Crippen molar-refractivity contribution in [3.05, 3.63) is 45.9 Å². The number of carbonyl (C=O) groups is 1. The fourth-order valence-electron chi connectivity index (χ4n) is 3.30. The molecule has 0 aliphatic carbocycles. The largest absolute Gasteiger partial charge is 0.330 e. The van der Waals surface area contributed by atoms with E-state index < -0.39 is 0 Å². The molecule has 0 bridgehead atoms. The van der Waals surface area contributed by atoms with E-state index in [-0.39, 0.29) is 5.91 Å². The lowest BCUT2D eigenvalue weighted by Crippen LogP contribution is -3.12. The van der Waals surface area contributed by atoms with Crippen LogP contribution in [-0.2, 0) is 17.8 Å². The SMILES string of the molecule is Cc1ccc(NC(=O)Cc2nc(C[NH+]3CCC[C@H](C)C3)cs2)cc1. The summed E-state index contributed by atoms with van der Waals surface area (Å²) in [6.45, 7) is 7.83. The minimum absolute atomic E-state index is 0.00121. The summed E-state index contributed by atoms with van der Waals surface area (Å²) in [6, 6.07) is 7.86. The number of aryl methyl sites for hydroxylation is 1. The van der Waals surface area contributed by atoms with Crippen LogP contribution in [0, 0.1) is 12.8 Å². The number of thiazole rings is 1. The van der Waals surface area contributed by atoms with Crippen molar-refractivity contribution < 1.29 is 9.69 Å². The Kier molecular flexibility index (Phi) is 5.63. The number of nitrogens with one attached hydrogen (secondary N) is 2. The highest BCUT2D eigenvalue weighted by atomic mass is 32.1. The van der Waals surface area contributed by atoms with E-state index in [4.69, 9.17) is 0 Å². The zero-order valence-corrected chi connectivity index (χ0v) is 15.3. The Morgan fingerprint density at radius 1 is 1.38 bits per heavy atom. The van der Waals surface area contributed by atoms with Crippen LogP contribution in [0.3, 0.4) is 0 Å². The van der Waals surface area contributed by atoms with Crippen LogP contribution in [0.2, 0.25) is 0 Å². The molecule has 5 heteroatoms. The first kappa shape index (κ1) is 17.1. The van der Waals surface area contributed by atoms with Gasteiger partial charge in [0.1, 0.15) is 17.2 Å². The summed E-state index contributed by atoms with van der Waals surface area (Å²) >= 11 is 1.59. The maximum absolute atomic E-state index is 12.2. The molecule has 1 fully saturated rings. The summed E-state index contributed by atoms with van der Waals surface area (Å²) in [7, 11) is 0. The fourth-order valence-corrected chi connectivity index (χ4v) is 4.10. The fraction of sp³-hybridized carbons (Fsp3) is 0.474. The second-order valence-corrected chi connectivity index (χ2v) is 7.89. The molecule has 24 heavy (non-hydrogen) atoms. The highest BCUT2D eigenvalue weighted by Crippen LogP contribution is 2.13. The molecule has 0 spiro atoms. The number of hydrogen-bond acceptors (Lipinski definition) is 3. The summed E-state index contributed by atoms with van der Waals surface area (Å²) in [6.07, 6.45) is 3.02. The average molecular weight is 345 g/mol. The van der Waals surface area contributed by atoms with E-state index in [0.29, 0.717) is 6.42 Å². The van der Waals surface area contributed by atoms with Crippen LogP contribution in [0.1, 0.15) is 36.0 Å². The van der Waals surface area contributed by atoms with Crippen molar-refractivity contribution in [3.63, 3.8) is 0 Å². The van der Waals surface area contributed by atoms with Crippen LogP contribution in [-0.4, -0.2) is 24.0 Å². The summed E-state index contributed by atoms with van der Waals surface area (Å²) < 4.78 is 0. The Morgan fingerprint density at radius 2 is 2.17 bits per heavy atom. The quantitative estimate of drug-likeness (QED) is 0.875. The molecule has 3 rings (SSSR count). The van der Waals surface area contributed by atoms with E-state index >= 15 is 0 Å². The standard InChI is InChI=1S/C19H25N3OS/c1-14-5-7-16(8-6-14)20-18(23)10-19-21-17(13-24-19)12-22-9-3-4-15(2)11-22/h5-8,13,15H,3-4,9-12H2,1-2H3,(H,20,23)/p+1/t15-/m0/s1. The number of benzene rings is 1. The molecule has 1 amide bonds. The molecule has 2 N–H and O–H groups in total. The number of hydrogen-bond donors (Lipinski definition) is 2. The number of likely N-dealkylation sites (tertiary alicyclic amines) is 1. The Bertz CT molecular complexity index is 680. The molecular formula is C19H26N3OS+. The summed E-state index contributed by atoms with van der Waals surface area (Å²) in [5.41, 5.74) is 3.16. The van der Waals surface area contributed by atoms with Crippen LogP contribution >= 0.6 is 11.3 Å². The van der Waals surface area contributed by atoms with Gasteiger partial charge in [0.25, 0.3) is 0 Å². The van der Waals surface area contributed by atoms with Crippen molar-refractivity contribution in [2.24, 2.45) is 5.92 Å². The van der Waals surface area contributed by atoms with Gasteiger partial charge in [-0.1, -0.05) is 24.6 Å². The monoisotopic (exact) mass is 344 g/mol. The van der Waals surface area contributed by atoms with Crippen molar-refractivity contribution >= 4 is 22.9 Å². The van der Waals surface area contributed by atoms with E-state index in [9.17, 15) is 4.79 Å². The molecule has 1 unspecified atom stereocenters. The predicted molar refractivity (Wildman–Crippen MR) is 98.4 cm³/mol. The van der Waals surface area contributed by atoms with Gasteiger partial charge in [-0.25, -0.2) is 4.98 Å². The molecule has 0 radical (unpaired) electrons. The van der Waals surface area contributed by atoms with Gasteiger partial charge in [-0.05, 0) is 31.9 Å². The number of amides is 1. The van der Waals surface area contributed by atoms with Gasteiger partial charge in [0, 0.05) is 17.0 Å². The Hall–Kier alpha value is -1.72. The van der Waals surface area contributed by atoms with Crippen molar-refractivity contribution in [1.82, 2.24) is 4.98 Å².